The van der Waals surface area contributed by atoms with Crippen molar-refractivity contribution in [1.82, 2.24) is 5.32 Å². The SMILES string of the molecule is O=C(O)C1CCCN1.O=C1c2ccccc2C(=O)C1(O)O. The van der Waals surface area contributed by atoms with E-state index in [0.717, 1.165) is 19.4 Å². The van der Waals surface area contributed by atoms with Gasteiger partial charge in [0.2, 0.25) is 11.6 Å². The molecule has 1 aliphatic carbocycles. The molecule has 0 radical (unpaired) electrons. The van der Waals surface area contributed by atoms with Gasteiger partial charge in [-0.2, -0.15) is 0 Å². The number of nitrogens with one attached hydrogen (secondary N) is 1. The molecule has 1 atom stereocenters. The summed E-state index contributed by atoms with van der Waals surface area (Å²) in [4.78, 5) is 32.6. The van der Waals surface area contributed by atoms with E-state index in [-0.39, 0.29) is 17.2 Å². The van der Waals surface area contributed by atoms with E-state index in [1.165, 1.54) is 12.1 Å². The van der Waals surface area contributed by atoms with E-state index in [0.29, 0.717) is 0 Å². The number of ketones is 2. The molecule has 0 saturated carbocycles. The fourth-order valence-corrected chi connectivity index (χ4v) is 2.25. The molecular weight excluding hydrogens is 278 g/mol. The summed E-state index contributed by atoms with van der Waals surface area (Å²) in [7, 11) is 0. The number of benzene rings is 1. The molecule has 2 aliphatic rings. The molecule has 7 nitrogen and oxygen atoms in total. The summed E-state index contributed by atoms with van der Waals surface area (Å²) in [6.07, 6.45) is 1.78. The molecule has 112 valence electrons. The molecule has 21 heavy (non-hydrogen) atoms. The van der Waals surface area contributed by atoms with Gasteiger partial charge in [-0.15, -0.1) is 0 Å². The summed E-state index contributed by atoms with van der Waals surface area (Å²) in [5.74, 6) is -5.48. The summed E-state index contributed by atoms with van der Waals surface area (Å²) < 4.78 is 0. The molecule has 1 fully saturated rings. The van der Waals surface area contributed by atoms with Crippen molar-refractivity contribution in [2.75, 3.05) is 6.54 Å². The van der Waals surface area contributed by atoms with Gasteiger partial charge in [0.25, 0.3) is 5.79 Å². The van der Waals surface area contributed by atoms with Gasteiger partial charge in [0.15, 0.2) is 0 Å². The lowest BCUT2D eigenvalue weighted by Gasteiger charge is -2.08. The van der Waals surface area contributed by atoms with Crippen molar-refractivity contribution >= 4 is 17.5 Å². The molecule has 1 aromatic rings. The maximum Gasteiger partial charge on any atom is 0.320 e. The number of carbonyl (C=O) groups excluding carboxylic acids is 2. The van der Waals surface area contributed by atoms with Crippen molar-refractivity contribution < 1.29 is 29.7 Å². The fourth-order valence-electron chi connectivity index (χ4n) is 2.25. The van der Waals surface area contributed by atoms with Crippen LogP contribution in [0.2, 0.25) is 0 Å². The van der Waals surface area contributed by atoms with Crippen LogP contribution in [0.4, 0.5) is 0 Å². The third-order valence-electron chi connectivity index (χ3n) is 3.41. The van der Waals surface area contributed by atoms with Crippen LogP contribution in [0.3, 0.4) is 0 Å². The highest BCUT2D eigenvalue weighted by atomic mass is 16.5. The number of aliphatic hydroxyl groups is 2. The molecule has 0 spiro atoms. The Morgan fingerprint density at radius 1 is 1.14 bits per heavy atom. The van der Waals surface area contributed by atoms with Crippen LogP contribution in [-0.2, 0) is 4.79 Å². The lowest BCUT2D eigenvalue weighted by Crippen LogP contribution is -2.40. The van der Waals surface area contributed by atoms with Gasteiger partial charge in [0.05, 0.1) is 0 Å². The quantitative estimate of drug-likeness (QED) is 0.409. The molecule has 7 heteroatoms. The topological polar surface area (TPSA) is 124 Å². The summed E-state index contributed by atoms with van der Waals surface area (Å²) in [6, 6.07) is 5.64. The smallest absolute Gasteiger partial charge is 0.320 e. The minimum atomic E-state index is -2.86. The van der Waals surface area contributed by atoms with Crippen LogP contribution in [0.25, 0.3) is 0 Å². The van der Waals surface area contributed by atoms with Gasteiger partial charge < -0.3 is 20.6 Å². The molecule has 3 rings (SSSR count). The highest BCUT2D eigenvalue weighted by Crippen LogP contribution is 2.27. The van der Waals surface area contributed by atoms with Crippen LogP contribution in [0.15, 0.2) is 24.3 Å². The summed E-state index contributed by atoms with van der Waals surface area (Å²) in [5, 5.41) is 29.4. The van der Waals surface area contributed by atoms with Gasteiger partial charge in [-0.3, -0.25) is 14.4 Å². The fraction of sp³-hybridized carbons (Fsp3) is 0.357. The summed E-state index contributed by atoms with van der Waals surface area (Å²) in [5.41, 5.74) is 0.134. The predicted octanol–water partition coefficient (Wildman–Crippen LogP) is -0.431. The number of carbonyl (C=O) groups is 3. The zero-order chi connectivity index (χ0) is 15.6. The van der Waals surface area contributed by atoms with Gasteiger partial charge in [-0.25, -0.2) is 0 Å². The Balaban J connectivity index is 0.000000173. The van der Waals surface area contributed by atoms with E-state index < -0.39 is 23.3 Å². The number of carboxylic acids is 1. The minimum Gasteiger partial charge on any atom is -0.480 e. The molecule has 1 unspecified atom stereocenters. The highest BCUT2D eigenvalue weighted by Gasteiger charge is 2.50. The number of rotatable bonds is 1. The molecule has 0 amide bonds. The largest absolute Gasteiger partial charge is 0.480 e. The first kappa shape index (κ1) is 15.3. The number of fused-ring (bicyclic) bond motifs is 1. The predicted molar refractivity (Wildman–Crippen MR) is 70.9 cm³/mol. The van der Waals surface area contributed by atoms with Crippen molar-refractivity contribution in [2.24, 2.45) is 0 Å². The van der Waals surface area contributed by atoms with Gasteiger partial charge in [-0.05, 0) is 19.4 Å². The van der Waals surface area contributed by atoms with Crippen LogP contribution in [0, 0.1) is 0 Å². The number of hydrogen-bond donors (Lipinski definition) is 4. The summed E-state index contributed by atoms with van der Waals surface area (Å²) in [6.45, 7) is 0.858. The van der Waals surface area contributed by atoms with Crippen molar-refractivity contribution in [3.05, 3.63) is 35.4 Å². The van der Waals surface area contributed by atoms with E-state index in [4.69, 9.17) is 15.3 Å². The Kier molecular flexibility index (Phi) is 4.17. The Labute approximate surface area is 120 Å². The average molecular weight is 293 g/mol. The molecule has 0 bridgehead atoms. The normalized spacial score (nSPS) is 22.5. The van der Waals surface area contributed by atoms with Crippen molar-refractivity contribution in [1.29, 1.82) is 0 Å². The number of hydrogen-bond acceptors (Lipinski definition) is 6. The molecular formula is C14H15NO6. The monoisotopic (exact) mass is 293 g/mol. The maximum absolute atomic E-state index is 11.2. The van der Waals surface area contributed by atoms with Crippen molar-refractivity contribution in [2.45, 2.75) is 24.7 Å². The average Bonchev–Trinajstić information content (AvgIpc) is 3.05. The molecule has 1 aromatic carbocycles. The molecule has 1 heterocycles. The van der Waals surface area contributed by atoms with Gasteiger partial charge in [-0.1, -0.05) is 24.3 Å². The van der Waals surface area contributed by atoms with Crippen molar-refractivity contribution in [3.63, 3.8) is 0 Å². The standard InChI is InChI=1S/C9H6O4.C5H9NO2/c10-7-5-3-1-2-4-6(5)8(11)9(7,12)13;7-5(8)4-2-1-3-6-4/h1-4,12-13H;4,6H,1-3H2,(H,7,8). The second-order valence-corrected chi connectivity index (χ2v) is 4.86. The summed E-state index contributed by atoms with van der Waals surface area (Å²) >= 11 is 0. The first-order valence-corrected chi connectivity index (χ1v) is 6.45. The first-order chi connectivity index (χ1) is 9.85. The third kappa shape index (κ3) is 2.85. The molecule has 4 N–H and O–H groups in total. The highest BCUT2D eigenvalue weighted by molar-refractivity contribution is 6.30. The Hall–Kier alpha value is -2.09. The van der Waals surface area contributed by atoms with Crippen LogP contribution in [0.5, 0.6) is 0 Å². The maximum atomic E-state index is 11.2. The second-order valence-electron chi connectivity index (χ2n) is 4.86. The number of carboxylic acid groups (broad SMARTS) is 1. The molecule has 0 aromatic heterocycles. The van der Waals surface area contributed by atoms with Crippen LogP contribution in [-0.4, -0.2) is 51.2 Å². The van der Waals surface area contributed by atoms with Crippen molar-refractivity contribution in [3.8, 4) is 0 Å². The van der Waals surface area contributed by atoms with E-state index in [9.17, 15) is 14.4 Å². The second kappa shape index (κ2) is 5.72. The zero-order valence-electron chi connectivity index (χ0n) is 11.1. The van der Waals surface area contributed by atoms with Gasteiger partial charge >= 0.3 is 5.97 Å². The third-order valence-corrected chi connectivity index (χ3v) is 3.41. The first-order valence-electron chi connectivity index (χ1n) is 6.45. The molecule has 1 saturated heterocycles. The van der Waals surface area contributed by atoms with E-state index in [2.05, 4.69) is 5.32 Å². The van der Waals surface area contributed by atoms with Crippen LogP contribution in [0.1, 0.15) is 33.6 Å². The minimum absolute atomic E-state index is 0.0671. The van der Waals surface area contributed by atoms with E-state index in [1.807, 2.05) is 0 Å². The van der Waals surface area contributed by atoms with Crippen LogP contribution >= 0.6 is 0 Å². The molecule has 1 aliphatic heterocycles. The Morgan fingerprint density at radius 3 is 2.00 bits per heavy atom. The zero-order valence-corrected chi connectivity index (χ0v) is 11.1. The number of aliphatic carboxylic acids is 1. The van der Waals surface area contributed by atoms with Crippen LogP contribution < -0.4 is 5.32 Å². The van der Waals surface area contributed by atoms with Gasteiger partial charge in [0, 0.05) is 11.1 Å². The van der Waals surface area contributed by atoms with E-state index >= 15 is 0 Å². The lowest BCUT2D eigenvalue weighted by molar-refractivity contribution is -0.139. The van der Waals surface area contributed by atoms with Gasteiger partial charge in [0.1, 0.15) is 6.04 Å². The Bertz CT molecular complexity index is 552. The Morgan fingerprint density at radius 2 is 1.67 bits per heavy atom. The lowest BCUT2D eigenvalue weighted by atomic mass is 10.1. The van der Waals surface area contributed by atoms with E-state index in [1.54, 1.807) is 12.1 Å². The number of Topliss-reactive ketones (excluding diaryl/α,β-unsaturated/α-hetero) is 2.